The van der Waals surface area contributed by atoms with Gasteiger partial charge in [-0.25, -0.2) is 8.42 Å². The van der Waals surface area contributed by atoms with Crippen LogP contribution in [0.25, 0.3) is 0 Å². The summed E-state index contributed by atoms with van der Waals surface area (Å²) in [5.41, 5.74) is 2.37. The molecule has 0 fully saturated rings. The Hall–Kier alpha value is -3.30. The second-order valence-electron chi connectivity index (χ2n) is 9.84. The van der Waals surface area contributed by atoms with E-state index >= 15 is 0 Å². The summed E-state index contributed by atoms with van der Waals surface area (Å²) in [5.74, 6) is -0.722. The number of anilines is 1. The third-order valence-corrected chi connectivity index (χ3v) is 9.43. The first kappa shape index (κ1) is 31.2. The van der Waals surface area contributed by atoms with Crippen LogP contribution in [0.4, 0.5) is 5.69 Å². The summed E-state index contributed by atoms with van der Waals surface area (Å²) in [7, 11) is -4.08. The van der Waals surface area contributed by atoms with Crippen LogP contribution in [0.15, 0.2) is 88.7 Å². The predicted molar refractivity (Wildman–Crippen MR) is 163 cm³/mol. The topological polar surface area (TPSA) is 86.8 Å². The zero-order valence-corrected chi connectivity index (χ0v) is 25.5. The van der Waals surface area contributed by atoms with Crippen LogP contribution < -0.4 is 9.62 Å². The Labute approximate surface area is 243 Å². The second kappa shape index (κ2) is 14.4. The molecule has 214 valence electrons. The monoisotopic (exact) mass is 581 g/mol. The molecule has 0 spiro atoms. The third-order valence-electron chi connectivity index (χ3n) is 6.90. The molecule has 2 atom stereocenters. The standard InChI is InChI=1S/C31H39N3O4S2/c1-6-24(3)32-31(36)25(4)33(21-20-26-10-8-7-9-11-26)30(35)22-34(27-14-12-23(2)13-15-27)40(37,38)29-18-16-28(39-5)17-19-29/h7-19,24-25H,6,20-22H2,1-5H3,(H,32,36)/t24-,25+/m1/s1. The van der Waals surface area contributed by atoms with Crippen molar-refractivity contribution in [2.24, 2.45) is 0 Å². The van der Waals surface area contributed by atoms with E-state index in [1.807, 2.05) is 69.5 Å². The number of hydrogen-bond acceptors (Lipinski definition) is 5. The number of amides is 2. The van der Waals surface area contributed by atoms with Gasteiger partial charge in [-0.1, -0.05) is 55.0 Å². The Morgan fingerprint density at radius 3 is 2.12 bits per heavy atom. The van der Waals surface area contributed by atoms with Crippen molar-refractivity contribution in [2.45, 2.75) is 62.4 Å². The zero-order chi connectivity index (χ0) is 29.3. The van der Waals surface area contributed by atoms with Crippen LogP contribution >= 0.6 is 11.8 Å². The third kappa shape index (κ3) is 8.11. The van der Waals surface area contributed by atoms with Crippen molar-refractivity contribution in [1.29, 1.82) is 0 Å². The average molecular weight is 582 g/mol. The van der Waals surface area contributed by atoms with Crippen molar-refractivity contribution in [2.75, 3.05) is 23.7 Å². The molecule has 0 bridgehead atoms. The van der Waals surface area contributed by atoms with Crippen molar-refractivity contribution < 1.29 is 18.0 Å². The Kier molecular flexibility index (Phi) is 11.2. The van der Waals surface area contributed by atoms with Crippen molar-refractivity contribution in [3.05, 3.63) is 90.0 Å². The lowest BCUT2D eigenvalue weighted by Gasteiger charge is -2.32. The Morgan fingerprint density at radius 2 is 1.55 bits per heavy atom. The molecule has 40 heavy (non-hydrogen) atoms. The smallest absolute Gasteiger partial charge is 0.264 e. The zero-order valence-electron chi connectivity index (χ0n) is 23.8. The fraction of sp³-hybridized carbons (Fsp3) is 0.355. The molecule has 0 aliphatic heterocycles. The van der Waals surface area contributed by atoms with Gasteiger partial charge in [-0.2, -0.15) is 0 Å². The first-order valence-electron chi connectivity index (χ1n) is 13.4. The molecule has 9 heteroatoms. The molecular weight excluding hydrogens is 542 g/mol. The first-order chi connectivity index (χ1) is 19.1. The van der Waals surface area contributed by atoms with Crippen LogP contribution in [-0.4, -0.2) is 56.6 Å². The van der Waals surface area contributed by atoms with E-state index in [2.05, 4.69) is 5.32 Å². The number of carbonyl (C=O) groups is 2. The maximum absolute atomic E-state index is 13.9. The van der Waals surface area contributed by atoms with Crippen LogP contribution in [0.3, 0.4) is 0 Å². The number of sulfonamides is 1. The normalized spacial score (nSPS) is 12.8. The van der Waals surface area contributed by atoms with Gasteiger partial charge in [0.2, 0.25) is 11.8 Å². The molecule has 3 aromatic rings. The number of benzene rings is 3. The van der Waals surface area contributed by atoms with E-state index in [0.717, 1.165) is 26.7 Å². The van der Waals surface area contributed by atoms with Gasteiger partial charge in [0.15, 0.2) is 0 Å². The van der Waals surface area contributed by atoms with Gasteiger partial charge >= 0.3 is 0 Å². The summed E-state index contributed by atoms with van der Waals surface area (Å²) in [6.45, 7) is 7.32. The summed E-state index contributed by atoms with van der Waals surface area (Å²) in [4.78, 5) is 29.5. The molecule has 0 aliphatic rings. The molecule has 0 unspecified atom stereocenters. The van der Waals surface area contributed by atoms with E-state index in [4.69, 9.17) is 0 Å². The van der Waals surface area contributed by atoms with Gasteiger partial charge < -0.3 is 10.2 Å². The molecule has 0 aliphatic carbocycles. The molecule has 0 heterocycles. The van der Waals surface area contributed by atoms with Gasteiger partial charge in [0.25, 0.3) is 10.0 Å². The SMILES string of the molecule is CC[C@@H](C)NC(=O)[C@H](C)N(CCc1ccccc1)C(=O)CN(c1ccc(C)cc1)S(=O)(=O)c1ccc(SC)cc1. The quantitative estimate of drug-likeness (QED) is 0.277. The Morgan fingerprint density at radius 1 is 0.925 bits per heavy atom. The summed E-state index contributed by atoms with van der Waals surface area (Å²) in [6.07, 6.45) is 3.20. The maximum Gasteiger partial charge on any atom is 0.264 e. The number of aryl methyl sites for hydroxylation is 1. The van der Waals surface area contributed by atoms with Crippen molar-refractivity contribution >= 4 is 39.3 Å². The van der Waals surface area contributed by atoms with E-state index in [1.165, 1.54) is 16.7 Å². The molecule has 0 saturated heterocycles. The summed E-state index contributed by atoms with van der Waals surface area (Å²) < 4.78 is 29.0. The van der Waals surface area contributed by atoms with Crippen LogP contribution in [0, 0.1) is 6.92 Å². The van der Waals surface area contributed by atoms with Gasteiger partial charge in [0, 0.05) is 17.5 Å². The van der Waals surface area contributed by atoms with E-state index in [-0.39, 0.29) is 23.4 Å². The highest BCUT2D eigenvalue weighted by atomic mass is 32.2. The summed E-state index contributed by atoms with van der Waals surface area (Å²) >= 11 is 1.52. The van der Waals surface area contributed by atoms with Crippen molar-refractivity contribution in [3.8, 4) is 0 Å². The highest BCUT2D eigenvalue weighted by Crippen LogP contribution is 2.26. The average Bonchev–Trinajstić information content (AvgIpc) is 2.96. The van der Waals surface area contributed by atoms with Crippen LogP contribution in [0.1, 0.15) is 38.3 Å². The minimum absolute atomic E-state index is 0.0466. The minimum Gasteiger partial charge on any atom is -0.352 e. The maximum atomic E-state index is 13.9. The first-order valence-corrected chi connectivity index (χ1v) is 16.1. The molecule has 0 radical (unpaired) electrons. The molecule has 0 saturated carbocycles. The minimum atomic E-state index is -4.08. The molecule has 1 N–H and O–H groups in total. The molecule has 7 nitrogen and oxygen atoms in total. The van der Waals surface area contributed by atoms with Crippen LogP contribution in [-0.2, 0) is 26.0 Å². The molecule has 3 rings (SSSR count). The van der Waals surface area contributed by atoms with E-state index in [0.29, 0.717) is 12.1 Å². The predicted octanol–water partition coefficient (Wildman–Crippen LogP) is 5.29. The number of nitrogens with one attached hydrogen (secondary N) is 1. The lowest BCUT2D eigenvalue weighted by atomic mass is 10.1. The highest BCUT2D eigenvalue weighted by Gasteiger charge is 2.32. The molecule has 2 amide bonds. The molecule has 3 aromatic carbocycles. The largest absolute Gasteiger partial charge is 0.352 e. The number of rotatable bonds is 13. The molecular formula is C31H39N3O4S2. The van der Waals surface area contributed by atoms with Crippen molar-refractivity contribution in [3.63, 3.8) is 0 Å². The number of nitrogens with zero attached hydrogens (tertiary/aromatic N) is 2. The lowest BCUT2D eigenvalue weighted by Crippen LogP contribution is -2.53. The second-order valence-corrected chi connectivity index (χ2v) is 12.6. The number of hydrogen-bond donors (Lipinski definition) is 1. The van der Waals surface area contributed by atoms with Gasteiger partial charge in [-0.15, -0.1) is 11.8 Å². The molecule has 0 aromatic heterocycles. The highest BCUT2D eigenvalue weighted by molar-refractivity contribution is 7.98. The van der Waals surface area contributed by atoms with Crippen LogP contribution in [0.2, 0.25) is 0 Å². The Bertz CT molecular complexity index is 1360. The van der Waals surface area contributed by atoms with Gasteiger partial charge in [0.1, 0.15) is 12.6 Å². The van der Waals surface area contributed by atoms with Crippen LogP contribution in [0.5, 0.6) is 0 Å². The summed E-state index contributed by atoms with van der Waals surface area (Å²) in [5, 5.41) is 2.95. The van der Waals surface area contributed by atoms with E-state index in [1.54, 1.807) is 43.3 Å². The van der Waals surface area contributed by atoms with Gasteiger partial charge in [0.05, 0.1) is 10.6 Å². The van der Waals surface area contributed by atoms with E-state index in [9.17, 15) is 18.0 Å². The number of carbonyl (C=O) groups excluding carboxylic acids is 2. The fourth-order valence-electron chi connectivity index (χ4n) is 4.15. The van der Waals surface area contributed by atoms with Gasteiger partial charge in [-0.05, 0) is 81.8 Å². The lowest BCUT2D eigenvalue weighted by molar-refractivity contribution is -0.139. The Balaban J connectivity index is 1.97. The summed E-state index contributed by atoms with van der Waals surface area (Å²) in [6, 6.07) is 22.5. The van der Waals surface area contributed by atoms with Crippen molar-refractivity contribution in [1.82, 2.24) is 10.2 Å². The van der Waals surface area contributed by atoms with E-state index < -0.39 is 28.5 Å². The number of thioether (sulfide) groups is 1. The van der Waals surface area contributed by atoms with Gasteiger partial charge in [-0.3, -0.25) is 13.9 Å². The fourth-order valence-corrected chi connectivity index (χ4v) is 5.97.